The number of amides is 1. The average Bonchev–Trinajstić information content (AvgIpc) is 2.70. The smallest absolute Gasteiger partial charge is 0.219 e. The Balaban J connectivity index is 1.75. The molecular formula is C21H24F2N4O. The molecule has 0 bridgehead atoms. The summed E-state index contributed by atoms with van der Waals surface area (Å²) in [5.74, 6) is -1.30. The molecule has 1 amide bonds. The number of halogens is 2. The highest BCUT2D eigenvalue weighted by Gasteiger charge is 2.23. The summed E-state index contributed by atoms with van der Waals surface area (Å²) in [6.45, 7) is 2.64. The first kappa shape index (κ1) is 19.8. The molecule has 2 aliphatic rings. The first-order chi connectivity index (χ1) is 13.4. The van der Waals surface area contributed by atoms with Crippen LogP contribution < -0.4 is 11.1 Å². The van der Waals surface area contributed by atoms with E-state index in [1.807, 2.05) is 25.3 Å². The summed E-state index contributed by atoms with van der Waals surface area (Å²) in [4.78, 5) is 18.1. The quantitative estimate of drug-likeness (QED) is 0.618. The number of allylic oxidation sites excluding steroid dienone is 2. The van der Waals surface area contributed by atoms with Crippen LogP contribution in [0.3, 0.4) is 0 Å². The van der Waals surface area contributed by atoms with Crippen molar-refractivity contribution in [1.29, 1.82) is 0 Å². The van der Waals surface area contributed by atoms with Gasteiger partial charge in [-0.1, -0.05) is 24.3 Å². The summed E-state index contributed by atoms with van der Waals surface area (Å²) in [6.07, 6.45) is 6.99. The van der Waals surface area contributed by atoms with Gasteiger partial charge in [-0.2, -0.15) is 0 Å². The van der Waals surface area contributed by atoms with E-state index in [9.17, 15) is 13.6 Å². The van der Waals surface area contributed by atoms with Crippen LogP contribution in [-0.2, 0) is 4.79 Å². The minimum atomic E-state index is -0.866. The Hall–Kier alpha value is -2.96. The van der Waals surface area contributed by atoms with Gasteiger partial charge in [-0.15, -0.1) is 0 Å². The highest BCUT2D eigenvalue weighted by atomic mass is 19.2. The lowest BCUT2D eigenvalue weighted by atomic mass is 9.97. The Labute approximate surface area is 163 Å². The molecule has 1 aliphatic carbocycles. The Morgan fingerprint density at radius 3 is 2.71 bits per heavy atom. The number of nitrogens with one attached hydrogen (secondary N) is 1. The van der Waals surface area contributed by atoms with Gasteiger partial charge in [0.2, 0.25) is 5.91 Å². The van der Waals surface area contributed by atoms with E-state index in [1.165, 1.54) is 6.07 Å². The molecule has 3 rings (SSSR count). The zero-order valence-electron chi connectivity index (χ0n) is 16.0. The standard InChI is InChI=1S/C21H24F2N4O/c1-13(28)27-10-9-20(25-2)17(12-27)21(24)26-16-6-3-14(4-7-16)15-5-8-18(22)19(23)11-15/h3-6,8,11,16,25H,7,9-10,12H2,1-2H3,(H2,24,26). The van der Waals surface area contributed by atoms with Crippen molar-refractivity contribution in [1.82, 2.24) is 10.2 Å². The predicted molar refractivity (Wildman–Crippen MR) is 106 cm³/mol. The normalized spacial score (nSPS) is 20.3. The Bertz CT molecular complexity index is 902. The first-order valence-electron chi connectivity index (χ1n) is 9.21. The van der Waals surface area contributed by atoms with Gasteiger partial charge >= 0.3 is 0 Å². The van der Waals surface area contributed by atoms with E-state index in [0.717, 1.165) is 22.9 Å². The molecule has 1 unspecified atom stereocenters. The summed E-state index contributed by atoms with van der Waals surface area (Å²) >= 11 is 0. The van der Waals surface area contributed by atoms with Crippen LogP contribution >= 0.6 is 0 Å². The molecular weight excluding hydrogens is 362 g/mol. The van der Waals surface area contributed by atoms with Crippen molar-refractivity contribution < 1.29 is 13.6 Å². The van der Waals surface area contributed by atoms with Crippen LogP contribution in [0.1, 0.15) is 25.3 Å². The van der Waals surface area contributed by atoms with E-state index in [4.69, 9.17) is 5.73 Å². The lowest BCUT2D eigenvalue weighted by Crippen LogP contribution is -2.41. The Morgan fingerprint density at radius 2 is 2.11 bits per heavy atom. The number of carbonyl (C=O) groups is 1. The van der Waals surface area contributed by atoms with Gasteiger partial charge in [0, 0.05) is 38.2 Å². The Kier molecular flexibility index (Phi) is 5.92. The molecule has 0 radical (unpaired) electrons. The first-order valence-corrected chi connectivity index (χ1v) is 9.21. The molecule has 1 aromatic rings. The van der Waals surface area contributed by atoms with Crippen LogP contribution in [0.25, 0.3) is 5.57 Å². The third kappa shape index (κ3) is 4.30. The van der Waals surface area contributed by atoms with E-state index >= 15 is 0 Å². The fourth-order valence-electron chi connectivity index (χ4n) is 3.39. The van der Waals surface area contributed by atoms with Crippen molar-refractivity contribution in [2.75, 3.05) is 20.1 Å². The maximum Gasteiger partial charge on any atom is 0.219 e. The van der Waals surface area contributed by atoms with Gasteiger partial charge in [-0.25, -0.2) is 8.78 Å². The summed E-state index contributed by atoms with van der Waals surface area (Å²) in [6, 6.07) is 3.71. The molecule has 3 N–H and O–H groups in total. The van der Waals surface area contributed by atoms with Crippen LogP contribution in [0, 0.1) is 11.6 Å². The van der Waals surface area contributed by atoms with E-state index < -0.39 is 11.6 Å². The maximum absolute atomic E-state index is 13.4. The number of carbonyl (C=O) groups excluding carboxylic acids is 1. The average molecular weight is 386 g/mol. The van der Waals surface area contributed by atoms with Gasteiger partial charge in [-0.05, 0) is 29.7 Å². The second kappa shape index (κ2) is 8.37. The molecule has 7 heteroatoms. The van der Waals surface area contributed by atoms with E-state index in [-0.39, 0.29) is 11.9 Å². The minimum Gasteiger partial charge on any atom is -0.391 e. The number of nitrogens with two attached hydrogens (primary N) is 1. The van der Waals surface area contributed by atoms with Crippen molar-refractivity contribution >= 4 is 17.3 Å². The Morgan fingerprint density at radius 1 is 1.32 bits per heavy atom. The number of amidine groups is 1. The van der Waals surface area contributed by atoms with Gasteiger partial charge in [-0.3, -0.25) is 9.79 Å². The van der Waals surface area contributed by atoms with Crippen molar-refractivity contribution in [2.24, 2.45) is 10.7 Å². The lowest BCUT2D eigenvalue weighted by molar-refractivity contribution is -0.128. The number of benzene rings is 1. The predicted octanol–water partition coefficient (Wildman–Crippen LogP) is 2.76. The van der Waals surface area contributed by atoms with Crippen molar-refractivity contribution in [3.63, 3.8) is 0 Å². The number of aliphatic imine (C=N–C) groups is 1. The lowest BCUT2D eigenvalue weighted by Gasteiger charge is -2.30. The van der Waals surface area contributed by atoms with Crippen molar-refractivity contribution in [3.05, 3.63) is 64.9 Å². The summed E-state index contributed by atoms with van der Waals surface area (Å²) in [5.41, 5.74) is 9.53. The largest absolute Gasteiger partial charge is 0.391 e. The molecule has 0 saturated heterocycles. The third-order valence-electron chi connectivity index (χ3n) is 5.04. The second-order valence-electron chi connectivity index (χ2n) is 6.86. The maximum atomic E-state index is 13.4. The van der Waals surface area contributed by atoms with Crippen LogP contribution in [0.15, 0.2) is 52.7 Å². The summed E-state index contributed by atoms with van der Waals surface area (Å²) in [7, 11) is 1.84. The molecule has 1 aromatic carbocycles. The number of hydrogen-bond donors (Lipinski definition) is 2. The molecule has 28 heavy (non-hydrogen) atoms. The van der Waals surface area contributed by atoms with E-state index in [1.54, 1.807) is 17.9 Å². The summed E-state index contributed by atoms with van der Waals surface area (Å²) < 4.78 is 26.6. The zero-order chi connectivity index (χ0) is 20.3. The zero-order valence-corrected chi connectivity index (χ0v) is 16.0. The highest BCUT2D eigenvalue weighted by Crippen LogP contribution is 2.25. The molecule has 148 valence electrons. The minimum absolute atomic E-state index is 0.0112. The molecule has 0 aromatic heterocycles. The molecule has 0 spiro atoms. The van der Waals surface area contributed by atoms with Gasteiger partial charge in [0.05, 0.1) is 12.6 Å². The van der Waals surface area contributed by atoms with Crippen LogP contribution in [0.2, 0.25) is 0 Å². The number of hydrogen-bond acceptors (Lipinski definition) is 3. The number of rotatable bonds is 4. The topological polar surface area (TPSA) is 70.7 Å². The van der Waals surface area contributed by atoms with E-state index in [2.05, 4.69) is 10.3 Å². The second-order valence-corrected chi connectivity index (χ2v) is 6.86. The highest BCUT2D eigenvalue weighted by molar-refractivity contribution is 5.99. The van der Waals surface area contributed by atoms with E-state index in [0.29, 0.717) is 37.3 Å². The molecule has 0 saturated carbocycles. The molecule has 1 atom stereocenters. The van der Waals surface area contributed by atoms with Crippen LogP contribution in [0.5, 0.6) is 0 Å². The van der Waals surface area contributed by atoms with Gasteiger partial charge in [0.25, 0.3) is 0 Å². The molecule has 1 heterocycles. The fraction of sp³-hybridized carbons (Fsp3) is 0.333. The van der Waals surface area contributed by atoms with Crippen molar-refractivity contribution in [2.45, 2.75) is 25.8 Å². The third-order valence-corrected chi connectivity index (χ3v) is 5.04. The van der Waals surface area contributed by atoms with Gasteiger partial charge in [0.1, 0.15) is 5.84 Å². The van der Waals surface area contributed by atoms with Gasteiger partial charge in [0.15, 0.2) is 11.6 Å². The SMILES string of the molecule is CNC1=C(C(N)=NC2C=CC(c3ccc(F)c(F)c3)=CC2)CN(C(C)=O)CC1. The number of nitrogens with zero attached hydrogens (tertiary/aromatic N) is 2. The fourth-order valence-corrected chi connectivity index (χ4v) is 3.39. The monoisotopic (exact) mass is 386 g/mol. The molecule has 5 nitrogen and oxygen atoms in total. The van der Waals surface area contributed by atoms with Crippen LogP contribution in [0.4, 0.5) is 8.78 Å². The van der Waals surface area contributed by atoms with Crippen molar-refractivity contribution in [3.8, 4) is 0 Å². The van der Waals surface area contributed by atoms with Gasteiger partial charge < -0.3 is 16.0 Å². The molecule has 0 fully saturated rings. The molecule has 1 aliphatic heterocycles. The summed E-state index contributed by atoms with van der Waals surface area (Å²) in [5, 5.41) is 3.15. The van der Waals surface area contributed by atoms with Crippen LogP contribution in [-0.4, -0.2) is 42.8 Å².